The number of anilines is 1. The van der Waals surface area contributed by atoms with E-state index in [0.29, 0.717) is 53.1 Å². The fourth-order valence-electron chi connectivity index (χ4n) is 7.31. The topological polar surface area (TPSA) is 108 Å². The van der Waals surface area contributed by atoms with Crippen molar-refractivity contribution >= 4 is 40.8 Å². The van der Waals surface area contributed by atoms with E-state index in [0.717, 1.165) is 45.2 Å². The van der Waals surface area contributed by atoms with Gasteiger partial charge in [-0.1, -0.05) is 47.5 Å². The largest absolute Gasteiger partial charge is 0.497 e. The van der Waals surface area contributed by atoms with Gasteiger partial charge in [0.25, 0.3) is 0 Å². The van der Waals surface area contributed by atoms with Gasteiger partial charge in [0.15, 0.2) is 17.5 Å². The van der Waals surface area contributed by atoms with Crippen LogP contribution in [0.3, 0.4) is 0 Å². The minimum Gasteiger partial charge on any atom is -0.497 e. The molecular weight excluding hydrogens is 767 g/mol. The van der Waals surface area contributed by atoms with Gasteiger partial charge < -0.3 is 29.0 Å². The highest BCUT2D eigenvalue weighted by atomic mass is 35.5. The first-order valence-electron chi connectivity index (χ1n) is 18.8. The van der Waals surface area contributed by atoms with Crippen molar-refractivity contribution in [2.24, 2.45) is 11.8 Å². The molecule has 3 aromatic carbocycles. The third kappa shape index (κ3) is 10.2. The molecule has 56 heavy (non-hydrogen) atoms. The zero-order valence-electron chi connectivity index (χ0n) is 30.8. The van der Waals surface area contributed by atoms with Crippen LogP contribution in [0.4, 0.5) is 14.5 Å². The fraction of sp³-hybridized carbons (Fsp3) is 0.405. The number of ether oxygens (including phenoxy) is 5. The Balaban J connectivity index is 1.14. The van der Waals surface area contributed by atoms with E-state index in [9.17, 15) is 18.4 Å². The van der Waals surface area contributed by atoms with Crippen LogP contribution in [0.15, 0.2) is 79.1 Å². The van der Waals surface area contributed by atoms with Crippen LogP contribution in [0.1, 0.15) is 71.3 Å². The molecule has 7 rings (SSSR count). The maximum absolute atomic E-state index is 14.0. The molecule has 0 radical (unpaired) electrons. The van der Waals surface area contributed by atoms with Crippen molar-refractivity contribution in [3.8, 4) is 17.2 Å². The third-order valence-corrected chi connectivity index (χ3v) is 11.0. The van der Waals surface area contributed by atoms with E-state index in [4.69, 9.17) is 46.9 Å². The number of nitrogens with one attached hydrogen (secondary N) is 1. The molecule has 1 N–H and O–H groups in total. The number of alkyl halides is 2. The van der Waals surface area contributed by atoms with Gasteiger partial charge in [0.05, 0.1) is 29.3 Å². The summed E-state index contributed by atoms with van der Waals surface area (Å²) in [6.45, 7) is 0.00919. The minimum absolute atomic E-state index is 0.0336. The fourth-order valence-corrected chi connectivity index (χ4v) is 7.82. The summed E-state index contributed by atoms with van der Waals surface area (Å²) in [5.41, 5.74) is 2.23. The van der Waals surface area contributed by atoms with E-state index in [1.807, 2.05) is 0 Å². The standard InChI is InChI=1S/C42H43Cl2F2N3O7/c1-52-31-12-9-27(10-13-31)39(41(51)54-32-16-26-4-3-15-49(22-26)23-32)48-30-6-2-5-29(17-30)40(50)55-37(19-33-34(43)20-47-21-35(33)44)28-11-14-36(56-42(45)46)38(18-28)53-24-25-7-8-25/h2,5-6,9-14,17-18,20-21,25-26,32,37,39,42,48H,3-4,7-8,15-16,19,22-24H2,1H3/t26?,32-,37+,39?/m1/s1. The molecule has 3 fully saturated rings. The summed E-state index contributed by atoms with van der Waals surface area (Å²) in [7, 11) is 1.57. The summed E-state index contributed by atoms with van der Waals surface area (Å²) in [4.78, 5) is 34.3. The zero-order valence-corrected chi connectivity index (χ0v) is 32.3. The Kier molecular flexibility index (Phi) is 12.8. The lowest BCUT2D eigenvalue weighted by Crippen LogP contribution is -2.48. The number of carbonyl (C=O) groups excluding carboxylic acids is 2. The molecule has 3 unspecified atom stereocenters. The molecule has 296 valence electrons. The zero-order chi connectivity index (χ0) is 39.2. The van der Waals surface area contributed by atoms with E-state index < -0.39 is 30.7 Å². The number of carbonyl (C=O) groups is 2. The van der Waals surface area contributed by atoms with E-state index >= 15 is 0 Å². The molecule has 2 bridgehead atoms. The first-order valence-corrected chi connectivity index (χ1v) is 19.5. The van der Waals surface area contributed by atoms with Crippen LogP contribution in [0.2, 0.25) is 10.0 Å². The van der Waals surface area contributed by atoms with Gasteiger partial charge in [-0.3, -0.25) is 9.88 Å². The highest BCUT2D eigenvalue weighted by Crippen LogP contribution is 2.38. The molecule has 2 aliphatic heterocycles. The van der Waals surface area contributed by atoms with Gasteiger partial charge in [-0.25, -0.2) is 9.59 Å². The average Bonchev–Trinajstić information content (AvgIpc) is 4.02. The SMILES string of the molecule is COc1ccc(C(Nc2cccc(C(=O)O[C@@H](Cc3c(Cl)cncc3Cl)c3ccc(OC(F)F)c(OCC4CC4)c3)c2)C(=O)O[C@@H]2CC3CCCN(C3)C2)cc1. The number of halogens is 4. The monoisotopic (exact) mass is 809 g/mol. The number of nitrogens with zero attached hydrogens (tertiary/aromatic N) is 2. The Morgan fingerprint density at radius 3 is 2.43 bits per heavy atom. The normalized spacial score (nSPS) is 20.1. The molecule has 1 aromatic heterocycles. The molecular formula is C42H43Cl2F2N3O7. The van der Waals surface area contributed by atoms with Gasteiger partial charge in [0.2, 0.25) is 0 Å². The van der Waals surface area contributed by atoms with Crippen LogP contribution in [-0.2, 0) is 20.7 Å². The van der Waals surface area contributed by atoms with Gasteiger partial charge in [-0.15, -0.1) is 0 Å². The predicted molar refractivity (Wildman–Crippen MR) is 207 cm³/mol. The Morgan fingerprint density at radius 1 is 0.946 bits per heavy atom. The number of fused-ring (bicyclic) bond motifs is 2. The first-order chi connectivity index (χ1) is 27.1. The Hall–Kier alpha value is -4.65. The third-order valence-electron chi connectivity index (χ3n) is 10.4. The lowest BCUT2D eigenvalue weighted by Gasteiger charge is -2.41. The summed E-state index contributed by atoms with van der Waals surface area (Å²) in [5.74, 6) is 0.309. The van der Waals surface area contributed by atoms with Crippen molar-refractivity contribution in [3.05, 3.63) is 111 Å². The molecule has 0 amide bonds. The summed E-state index contributed by atoms with van der Waals surface area (Å²) in [5, 5.41) is 3.82. The molecule has 3 aliphatic rings. The number of hydrogen-bond acceptors (Lipinski definition) is 10. The summed E-state index contributed by atoms with van der Waals surface area (Å²) >= 11 is 13.0. The first kappa shape index (κ1) is 39.6. The highest BCUT2D eigenvalue weighted by molar-refractivity contribution is 6.35. The molecule has 10 nitrogen and oxygen atoms in total. The molecule has 3 heterocycles. The minimum atomic E-state index is -3.07. The predicted octanol–water partition coefficient (Wildman–Crippen LogP) is 9.11. The van der Waals surface area contributed by atoms with Crippen molar-refractivity contribution in [1.82, 2.24) is 9.88 Å². The molecule has 2 saturated heterocycles. The second-order valence-electron chi connectivity index (χ2n) is 14.5. The van der Waals surface area contributed by atoms with Crippen LogP contribution < -0.4 is 19.5 Å². The van der Waals surface area contributed by atoms with Crippen LogP contribution in [-0.4, -0.2) is 67.9 Å². The van der Waals surface area contributed by atoms with Crippen molar-refractivity contribution in [1.29, 1.82) is 0 Å². The smallest absolute Gasteiger partial charge is 0.387 e. The number of piperidine rings is 2. The Labute approximate surface area is 334 Å². The molecule has 0 spiro atoms. The van der Waals surface area contributed by atoms with E-state index in [1.54, 1.807) is 55.6 Å². The number of esters is 2. The number of rotatable bonds is 16. The summed E-state index contributed by atoms with van der Waals surface area (Å²) < 4.78 is 54.9. The molecule has 1 aliphatic carbocycles. The van der Waals surface area contributed by atoms with Gasteiger partial charge in [-0.05, 0) is 110 Å². The van der Waals surface area contributed by atoms with E-state index in [-0.39, 0.29) is 39.6 Å². The number of pyridine rings is 1. The summed E-state index contributed by atoms with van der Waals surface area (Å²) in [6.07, 6.45) is 6.77. The maximum atomic E-state index is 14.0. The second kappa shape index (κ2) is 18.1. The van der Waals surface area contributed by atoms with E-state index in [2.05, 4.69) is 15.2 Å². The van der Waals surface area contributed by atoms with E-state index in [1.165, 1.54) is 30.6 Å². The van der Waals surface area contributed by atoms with Gasteiger partial charge >= 0.3 is 18.6 Å². The quantitative estimate of drug-likeness (QED) is 0.110. The second-order valence-corrected chi connectivity index (χ2v) is 15.3. The van der Waals surface area contributed by atoms with Crippen LogP contribution >= 0.6 is 23.2 Å². The molecule has 1 saturated carbocycles. The van der Waals surface area contributed by atoms with Crippen LogP contribution in [0.25, 0.3) is 0 Å². The highest BCUT2D eigenvalue weighted by Gasteiger charge is 2.34. The molecule has 4 aromatic rings. The number of aromatic nitrogens is 1. The van der Waals surface area contributed by atoms with Gasteiger partial charge in [-0.2, -0.15) is 8.78 Å². The maximum Gasteiger partial charge on any atom is 0.387 e. The number of hydrogen-bond donors (Lipinski definition) is 1. The summed E-state index contributed by atoms with van der Waals surface area (Å²) in [6, 6.07) is 17.3. The molecule has 14 heteroatoms. The number of benzene rings is 3. The van der Waals surface area contributed by atoms with Crippen molar-refractivity contribution in [3.63, 3.8) is 0 Å². The van der Waals surface area contributed by atoms with Crippen molar-refractivity contribution < 1.29 is 42.1 Å². The van der Waals surface area contributed by atoms with Crippen molar-refractivity contribution in [2.75, 3.05) is 38.7 Å². The lowest BCUT2D eigenvalue weighted by atomic mass is 9.88. The average molecular weight is 811 g/mol. The van der Waals surface area contributed by atoms with Crippen LogP contribution in [0, 0.1) is 11.8 Å². The molecule has 5 atom stereocenters. The van der Waals surface area contributed by atoms with Gasteiger partial charge in [0, 0.05) is 37.6 Å². The van der Waals surface area contributed by atoms with Gasteiger partial charge in [0.1, 0.15) is 18.0 Å². The Bertz CT molecular complexity index is 1970. The number of methoxy groups -OCH3 is 1. The van der Waals surface area contributed by atoms with Crippen LogP contribution in [0.5, 0.6) is 17.2 Å². The Morgan fingerprint density at radius 2 is 1.71 bits per heavy atom. The lowest BCUT2D eigenvalue weighted by molar-refractivity contribution is -0.154. The van der Waals surface area contributed by atoms with Crippen molar-refractivity contribution in [2.45, 2.75) is 63.4 Å².